The molecule has 0 aromatic heterocycles. The van der Waals surface area contributed by atoms with Gasteiger partial charge in [0.1, 0.15) is 6.61 Å². The molecule has 0 atom stereocenters. The van der Waals surface area contributed by atoms with Gasteiger partial charge in [0, 0.05) is 0 Å². The standard InChI is InChI=1S/C11H22O2Si/c1-8-9-12-10(2)13-14(6,7)11(3,4)5/h8H,1-2,9H2,3-7H3. The average Bonchev–Trinajstić information content (AvgIpc) is 1.97. The van der Waals surface area contributed by atoms with Crippen LogP contribution in [0.4, 0.5) is 0 Å². The molecule has 0 radical (unpaired) electrons. The van der Waals surface area contributed by atoms with Crippen molar-refractivity contribution in [2.75, 3.05) is 6.61 Å². The predicted octanol–water partition coefficient (Wildman–Crippen LogP) is 3.68. The predicted molar refractivity (Wildman–Crippen MR) is 63.6 cm³/mol. The lowest BCUT2D eigenvalue weighted by Crippen LogP contribution is -2.40. The van der Waals surface area contributed by atoms with E-state index in [0.717, 1.165) is 0 Å². The van der Waals surface area contributed by atoms with Crippen molar-refractivity contribution in [2.45, 2.75) is 38.9 Å². The molecule has 0 amide bonds. The van der Waals surface area contributed by atoms with Gasteiger partial charge in [-0.3, -0.25) is 0 Å². The van der Waals surface area contributed by atoms with E-state index in [1.54, 1.807) is 6.08 Å². The summed E-state index contributed by atoms with van der Waals surface area (Å²) in [5, 5.41) is 0.174. The maximum atomic E-state index is 5.78. The number of ether oxygens (including phenoxy) is 1. The van der Waals surface area contributed by atoms with Gasteiger partial charge in [0.2, 0.25) is 0 Å². The van der Waals surface area contributed by atoms with Crippen LogP contribution in [0, 0.1) is 0 Å². The Morgan fingerprint density at radius 1 is 1.36 bits per heavy atom. The van der Waals surface area contributed by atoms with Crippen LogP contribution in [0.2, 0.25) is 18.1 Å². The summed E-state index contributed by atoms with van der Waals surface area (Å²) in [6.45, 7) is 18.6. The van der Waals surface area contributed by atoms with Crippen LogP contribution >= 0.6 is 0 Å². The van der Waals surface area contributed by atoms with Gasteiger partial charge in [-0.25, -0.2) is 0 Å². The van der Waals surface area contributed by atoms with Gasteiger partial charge in [0.25, 0.3) is 14.3 Å². The highest BCUT2D eigenvalue weighted by atomic mass is 28.4. The zero-order valence-electron chi connectivity index (χ0n) is 10.0. The summed E-state index contributed by atoms with van der Waals surface area (Å²) < 4.78 is 11.0. The second-order valence-electron chi connectivity index (χ2n) is 4.83. The minimum absolute atomic E-state index is 0.174. The molecule has 0 fully saturated rings. The molecule has 0 saturated carbocycles. The van der Waals surface area contributed by atoms with Gasteiger partial charge >= 0.3 is 0 Å². The van der Waals surface area contributed by atoms with E-state index in [0.29, 0.717) is 12.6 Å². The second kappa shape index (κ2) is 4.69. The molecule has 0 aromatic carbocycles. The fraction of sp³-hybridized carbons (Fsp3) is 0.636. The van der Waals surface area contributed by atoms with Gasteiger partial charge in [0.05, 0.1) is 0 Å². The summed E-state index contributed by atoms with van der Waals surface area (Å²) in [5.74, 6) is 0.413. The molecular weight excluding hydrogens is 192 g/mol. The molecule has 0 unspecified atom stereocenters. The maximum absolute atomic E-state index is 5.78. The first-order chi connectivity index (χ1) is 6.20. The Morgan fingerprint density at radius 3 is 2.21 bits per heavy atom. The largest absolute Gasteiger partial charge is 0.519 e. The van der Waals surface area contributed by atoms with Crippen molar-refractivity contribution in [1.82, 2.24) is 0 Å². The second-order valence-corrected chi connectivity index (χ2v) is 9.56. The van der Waals surface area contributed by atoms with E-state index in [1.165, 1.54) is 0 Å². The van der Waals surface area contributed by atoms with Gasteiger partial charge in [-0.2, -0.15) is 0 Å². The molecule has 0 bridgehead atoms. The first kappa shape index (κ1) is 13.3. The summed E-state index contributed by atoms with van der Waals surface area (Å²) in [5.41, 5.74) is 0. The average molecular weight is 214 g/mol. The third-order valence-electron chi connectivity index (χ3n) is 2.54. The molecule has 0 aliphatic heterocycles. The first-order valence-electron chi connectivity index (χ1n) is 4.82. The summed E-state index contributed by atoms with van der Waals surface area (Å²) in [6, 6.07) is 0. The van der Waals surface area contributed by atoms with Crippen LogP contribution in [0.15, 0.2) is 25.2 Å². The molecule has 82 valence electrons. The molecule has 0 aliphatic rings. The molecule has 0 saturated heterocycles. The zero-order valence-corrected chi connectivity index (χ0v) is 11.0. The quantitative estimate of drug-likeness (QED) is 0.395. The van der Waals surface area contributed by atoms with E-state index in [-0.39, 0.29) is 5.04 Å². The van der Waals surface area contributed by atoms with Crippen molar-refractivity contribution in [3.8, 4) is 0 Å². The van der Waals surface area contributed by atoms with E-state index in [1.807, 2.05) is 0 Å². The van der Waals surface area contributed by atoms with Crippen molar-refractivity contribution < 1.29 is 9.16 Å². The SMILES string of the molecule is C=CCOC(=C)O[Si](C)(C)C(C)(C)C. The Morgan fingerprint density at radius 2 is 1.86 bits per heavy atom. The fourth-order valence-electron chi connectivity index (χ4n) is 0.619. The number of rotatable bonds is 5. The van der Waals surface area contributed by atoms with Gasteiger partial charge < -0.3 is 9.16 Å². The first-order valence-corrected chi connectivity index (χ1v) is 7.73. The van der Waals surface area contributed by atoms with Gasteiger partial charge in [0.15, 0.2) is 0 Å². The molecule has 3 heteroatoms. The maximum Gasteiger partial charge on any atom is 0.258 e. The lowest BCUT2D eigenvalue weighted by Gasteiger charge is -2.36. The molecular formula is C11H22O2Si. The Kier molecular flexibility index (Phi) is 4.45. The Bertz CT molecular complexity index is 214. The van der Waals surface area contributed by atoms with E-state index in [2.05, 4.69) is 47.0 Å². The summed E-state index contributed by atoms with van der Waals surface area (Å²) in [4.78, 5) is 0. The van der Waals surface area contributed by atoms with E-state index in [4.69, 9.17) is 9.16 Å². The van der Waals surface area contributed by atoms with Crippen LogP contribution in [0.3, 0.4) is 0 Å². The molecule has 0 N–H and O–H groups in total. The van der Waals surface area contributed by atoms with Crippen LogP contribution in [0.25, 0.3) is 0 Å². The lowest BCUT2D eigenvalue weighted by atomic mass is 10.2. The van der Waals surface area contributed by atoms with Gasteiger partial charge in [-0.05, 0) is 24.7 Å². The van der Waals surface area contributed by atoms with Gasteiger partial charge in [-0.15, -0.1) is 0 Å². The molecule has 0 spiro atoms. The highest BCUT2D eigenvalue weighted by Gasteiger charge is 2.39. The highest BCUT2D eigenvalue weighted by Crippen LogP contribution is 2.37. The Balaban J connectivity index is 4.22. The lowest BCUT2D eigenvalue weighted by molar-refractivity contribution is 0.119. The monoisotopic (exact) mass is 214 g/mol. The third-order valence-corrected chi connectivity index (χ3v) is 6.89. The zero-order chi connectivity index (χ0) is 11.4. The molecule has 0 rings (SSSR count). The van der Waals surface area contributed by atoms with E-state index in [9.17, 15) is 0 Å². The minimum atomic E-state index is -1.78. The third kappa shape index (κ3) is 4.00. The molecule has 2 nitrogen and oxygen atoms in total. The van der Waals surface area contributed by atoms with Crippen molar-refractivity contribution in [3.63, 3.8) is 0 Å². The van der Waals surface area contributed by atoms with Crippen LogP contribution in [-0.2, 0) is 9.16 Å². The summed E-state index contributed by atoms with van der Waals surface area (Å²) in [6.07, 6.45) is 1.68. The molecule has 0 aliphatic carbocycles. The van der Waals surface area contributed by atoms with Crippen LogP contribution < -0.4 is 0 Å². The van der Waals surface area contributed by atoms with Crippen LogP contribution in [0.1, 0.15) is 20.8 Å². The van der Waals surface area contributed by atoms with E-state index >= 15 is 0 Å². The topological polar surface area (TPSA) is 18.5 Å². The number of hydrogen-bond donors (Lipinski definition) is 0. The van der Waals surface area contributed by atoms with Crippen molar-refractivity contribution in [3.05, 3.63) is 25.2 Å². The molecule has 0 heterocycles. The van der Waals surface area contributed by atoms with Crippen molar-refractivity contribution in [2.24, 2.45) is 0 Å². The fourth-order valence-corrected chi connectivity index (χ4v) is 1.55. The van der Waals surface area contributed by atoms with Crippen LogP contribution in [0.5, 0.6) is 0 Å². The van der Waals surface area contributed by atoms with Crippen molar-refractivity contribution >= 4 is 8.32 Å². The minimum Gasteiger partial charge on any atom is -0.519 e. The molecule has 14 heavy (non-hydrogen) atoms. The van der Waals surface area contributed by atoms with Crippen LogP contribution in [-0.4, -0.2) is 14.9 Å². The Labute approximate surface area is 88.7 Å². The normalized spacial score (nSPS) is 12.1. The summed E-state index contributed by atoms with van der Waals surface area (Å²) >= 11 is 0. The van der Waals surface area contributed by atoms with E-state index < -0.39 is 8.32 Å². The van der Waals surface area contributed by atoms with Crippen molar-refractivity contribution in [1.29, 1.82) is 0 Å². The molecule has 0 aromatic rings. The number of hydrogen-bond acceptors (Lipinski definition) is 2. The van der Waals surface area contributed by atoms with Gasteiger partial charge in [-0.1, -0.05) is 33.4 Å². The summed E-state index contributed by atoms with van der Waals surface area (Å²) in [7, 11) is -1.78. The highest BCUT2D eigenvalue weighted by molar-refractivity contribution is 6.74. The Hall–Kier alpha value is -0.703. The smallest absolute Gasteiger partial charge is 0.258 e.